The van der Waals surface area contributed by atoms with E-state index in [9.17, 15) is 14.4 Å². The van der Waals surface area contributed by atoms with Crippen molar-refractivity contribution in [1.82, 2.24) is 14.9 Å². The summed E-state index contributed by atoms with van der Waals surface area (Å²) >= 11 is 12.5. The summed E-state index contributed by atoms with van der Waals surface area (Å²) in [6.07, 6.45) is 0. The number of para-hydroxylation sites is 2. The first-order valence-corrected chi connectivity index (χ1v) is 13.2. The Bertz CT molecular complexity index is 1750. The van der Waals surface area contributed by atoms with Crippen LogP contribution in [-0.2, 0) is 15.1 Å². The van der Waals surface area contributed by atoms with E-state index in [1.165, 1.54) is 4.90 Å². The summed E-state index contributed by atoms with van der Waals surface area (Å²) in [5.74, 6) is -1.77. The standard InChI is InChI=1S/C29H22Cl2N4O3/c1-14(2)24-22-23(27(38)34(26(22)37)17-12-15(30)11-16(31)13-17)29(33-24)19-8-4-6-10-21(19)35-25(36)18-7-3-5-9-20(18)32-28(29)35/h3-14,22-24,33H,1-2H3/t22-,23-,24-,29+/m1/s1. The van der Waals surface area contributed by atoms with Gasteiger partial charge < -0.3 is 0 Å². The molecule has 2 amide bonds. The van der Waals surface area contributed by atoms with Gasteiger partial charge in [0.15, 0.2) is 0 Å². The highest BCUT2D eigenvalue weighted by Crippen LogP contribution is 2.56. The van der Waals surface area contributed by atoms with Gasteiger partial charge in [0.05, 0.1) is 34.1 Å². The van der Waals surface area contributed by atoms with Crippen LogP contribution in [0.1, 0.15) is 25.2 Å². The second-order valence-corrected chi connectivity index (χ2v) is 11.3. The number of benzene rings is 3. The van der Waals surface area contributed by atoms with Crippen molar-refractivity contribution in [2.45, 2.75) is 25.4 Å². The van der Waals surface area contributed by atoms with Crippen molar-refractivity contribution in [1.29, 1.82) is 0 Å². The SMILES string of the molecule is CC(C)[C@H]1N[C@@]2(c3ccccc3-n3c2nc2ccccc2c3=O)[C@H]2C(=O)N(c3cc(Cl)cc(Cl)c3)C(=O)[C@@H]12. The lowest BCUT2D eigenvalue weighted by Gasteiger charge is -2.32. The third kappa shape index (κ3) is 2.89. The molecule has 4 heterocycles. The third-order valence-corrected chi connectivity index (χ3v) is 8.56. The van der Waals surface area contributed by atoms with Gasteiger partial charge in [-0.25, -0.2) is 9.88 Å². The highest BCUT2D eigenvalue weighted by atomic mass is 35.5. The zero-order valence-corrected chi connectivity index (χ0v) is 22.0. The van der Waals surface area contributed by atoms with Crippen molar-refractivity contribution in [2.75, 3.05) is 4.90 Å². The lowest BCUT2D eigenvalue weighted by molar-refractivity contribution is -0.123. The Morgan fingerprint density at radius 3 is 2.34 bits per heavy atom. The van der Waals surface area contributed by atoms with E-state index in [4.69, 9.17) is 28.2 Å². The molecule has 3 aliphatic heterocycles. The van der Waals surface area contributed by atoms with E-state index in [-0.39, 0.29) is 29.3 Å². The molecule has 7 nitrogen and oxygen atoms in total. The summed E-state index contributed by atoms with van der Waals surface area (Å²) < 4.78 is 1.60. The van der Waals surface area contributed by atoms with E-state index in [0.29, 0.717) is 38.1 Å². The molecule has 0 aliphatic carbocycles. The minimum atomic E-state index is -1.18. The highest BCUT2D eigenvalue weighted by Gasteiger charge is 2.70. The monoisotopic (exact) mass is 544 g/mol. The number of halogens is 2. The first kappa shape index (κ1) is 23.6. The van der Waals surface area contributed by atoms with Gasteiger partial charge in [-0.1, -0.05) is 67.4 Å². The normalized spacial score (nSPS) is 25.5. The molecule has 0 saturated carbocycles. The van der Waals surface area contributed by atoms with Crippen LogP contribution in [0.5, 0.6) is 0 Å². The maximum absolute atomic E-state index is 14.4. The first-order valence-electron chi connectivity index (χ1n) is 12.5. The van der Waals surface area contributed by atoms with Gasteiger partial charge in [-0.2, -0.15) is 0 Å². The van der Waals surface area contributed by atoms with E-state index < -0.39 is 17.4 Å². The molecule has 1 N–H and O–H groups in total. The predicted molar refractivity (Wildman–Crippen MR) is 146 cm³/mol. The van der Waals surface area contributed by atoms with Crippen LogP contribution in [-0.4, -0.2) is 27.4 Å². The average Bonchev–Trinajstić information content (AvgIpc) is 3.47. The third-order valence-electron chi connectivity index (χ3n) is 8.12. The number of nitrogens with one attached hydrogen (secondary N) is 1. The molecule has 0 radical (unpaired) electrons. The van der Waals surface area contributed by atoms with Crippen molar-refractivity contribution in [2.24, 2.45) is 17.8 Å². The van der Waals surface area contributed by atoms with E-state index in [0.717, 1.165) is 5.56 Å². The van der Waals surface area contributed by atoms with Gasteiger partial charge in [-0.3, -0.25) is 24.3 Å². The van der Waals surface area contributed by atoms with Crippen LogP contribution >= 0.6 is 23.2 Å². The molecule has 4 atom stereocenters. The number of nitrogens with zero attached hydrogens (tertiary/aromatic N) is 3. The molecule has 3 aliphatic rings. The Morgan fingerprint density at radius 1 is 0.921 bits per heavy atom. The summed E-state index contributed by atoms with van der Waals surface area (Å²) in [7, 11) is 0. The molecular weight excluding hydrogens is 523 g/mol. The number of hydrogen-bond donors (Lipinski definition) is 1. The van der Waals surface area contributed by atoms with Crippen LogP contribution in [0, 0.1) is 17.8 Å². The molecule has 38 heavy (non-hydrogen) atoms. The van der Waals surface area contributed by atoms with Gasteiger partial charge in [0.2, 0.25) is 11.8 Å². The zero-order chi connectivity index (χ0) is 26.5. The van der Waals surface area contributed by atoms with Gasteiger partial charge in [0.1, 0.15) is 11.4 Å². The second-order valence-electron chi connectivity index (χ2n) is 10.5. The molecule has 2 fully saturated rings. The number of carbonyl (C=O) groups is 2. The van der Waals surface area contributed by atoms with Crippen molar-refractivity contribution < 1.29 is 9.59 Å². The van der Waals surface area contributed by atoms with Crippen molar-refractivity contribution >= 4 is 51.6 Å². The molecule has 1 spiro atoms. The molecule has 9 heteroatoms. The number of amides is 2. The van der Waals surface area contributed by atoms with E-state index in [1.54, 1.807) is 41.0 Å². The Labute approximate surface area is 228 Å². The number of anilines is 1. The molecule has 7 rings (SSSR count). The number of carbonyl (C=O) groups excluding carboxylic acids is 2. The maximum Gasteiger partial charge on any atom is 0.266 e. The van der Waals surface area contributed by atoms with Crippen molar-refractivity contribution in [3.63, 3.8) is 0 Å². The fraction of sp³-hybridized carbons (Fsp3) is 0.241. The summed E-state index contributed by atoms with van der Waals surface area (Å²) in [5, 5.41) is 4.83. The largest absolute Gasteiger partial charge is 0.296 e. The second kappa shape index (κ2) is 7.99. The highest BCUT2D eigenvalue weighted by molar-refractivity contribution is 6.35. The Morgan fingerprint density at radius 2 is 1.61 bits per heavy atom. The van der Waals surface area contributed by atoms with Crippen LogP contribution in [0.25, 0.3) is 16.6 Å². The molecule has 2 saturated heterocycles. The molecule has 0 bridgehead atoms. The number of hydrogen-bond acceptors (Lipinski definition) is 5. The summed E-state index contributed by atoms with van der Waals surface area (Å²) in [4.78, 5) is 48.5. The van der Waals surface area contributed by atoms with Crippen LogP contribution in [0.15, 0.2) is 71.5 Å². The van der Waals surface area contributed by atoms with E-state index in [2.05, 4.69) is 5.32 Å². The molecular formula is C29H22Cl2N4O3. The molecule has 0 unspecified atom stereocenters. The number of rotatable bonds is 2. The summed E-state index contributed by atoms with van der Waals surface area (Å²) in [5.41, 5.74) is 0.897. The lowest BCUT2D eigenvalue weighted by atomic mass is 9.75. The van der Waals surface area contributed by atoms with Crippen LogP contribution in [0.3, 0.4) is 0 Å². The molecule has 4 aromatic rings. The van der Waals surface area contributed by atoms with Gasteiger partial charge >= 0.3 is 0 Å². The predicted octanol–water partition coefficient (Wildman–Crippen LogP) is 4.68. The van der Waals surface area contributed by atoms with Crippen LogP contribution in [0.2, 0.25) is 10.0 Å². The van der Waals surface area contributed by atoms with Gasteiger partial charge in [0.25, 0.3) is 5.56 Å². The van der Waals surface area contributed by atoms with Gasteiger partial charge in [-0.05, 0) is 42.3 Å². The number of aromatic nitrogens is 2. The summed E-state index contributed by atoms with van der Waals surface area (Å²) in [6.45, 7) is 4.04. The van der Waals surface area contributed by atoms with Crippen molar-refractivity contribution in [3.8, 4) is 5.69 Å². The van der Waals surface area contributed by atoms with Crippen LogP contribution < -0.4 is 15.8 Å². The summed E-state index contributed by atoms with van der Waals surface area (Å²) in [6, 6.07) is 19.1. The quantitative estimate of drug-likeness (QED) is 0.370. The maximum atomic E-state index is 14.4. The molecule has 1 aromatic heterocycles. The Hall–Kier alpha value is -3.52. The molecule has 190 valence electrons. The van der Waals surface area contributed by atoms with Gasteiger partial charge in [-0.15, -0.1) is 0 Å². The Kier molecular flexibility index (Phi) is 4.96. The Balaban J connectivity index is 1.53. The smallest absolute Gasteiger partial charge is 0.266 e. The fourth-order valence-electron chi connectivity index (χ4n) is 6.65. The van der Waals surface area contributed by atoms with Crippen LogP contribution in [0.4, 0.5) is 5.69 Å². The average molecular weight is 545 g/mol. The minimum Gasteiger partial charge on any atom is -0.296 e. The lowest BCUT2D eigenvalue weighted by Crippen LogP contribution is -2.51. The zero-order valence-electron chi connectivity index (χ0n) is 20.5. The molecule has 3 aromatic carbocycles. The fourth-order valence-corrected chi connectivity index (χ4v) is 7.16. The topological polar surface area (TPSA) is 84.3 Å². The first-order chi connectivity index (χ1) is 18.2. The van der Waals surface area contributed by atoms with Crippen molar-refractivity contribution in [3.05, 3.63) is 98.5 Å². The van der Waals surface area contributed by atoms with E-state index in [1.807, 2.05) is 44.2 Å². The van der Waals surface area contributed by atoms with E-state index >= 15 is 0 Å². The number of imide groups is 1. The minimum absolute atomic E-state index is 0.00918. The van der Waals surface area contributed by atoms with Gasteiger partial charge in [0, 0.05) is 21.7 Å². The number of fused-ring (bicyclic) bond motifs is 8.